The summed E-state index contributed by atoms with van der Waals surface area (Å²) in [6.07, 6.45) is 3.33. The molecule has 2 rings (SSSR count). The van der Waals surface area contributed by atoms with Crippen LogP contribution in [0.2, 0.25) is 0 Å². The minimum absolute atomic E-state index is 0.0597. The number of hydrogen-bond acceptors (Lipinski definition) is 5. The summed E-state index contributed by atoms with van der Waals surface area (Å²) in [6.45, 7) is 0.714. The van der Waals surface area contributed by atoms with E-state index in [1.165, 1.54) is 6.42 Å². The molecule has 0 unspecified atom stereocenters. The number of aromatic nitrogens is 1. The van der Waals surface area contributed by atoms with Gasteiger partial charge in [0, 0.05) is 13.7 Å². The summed E-state index contributed by atoms with van der Waals surface area (Å²) >= 11 is 0. The molecule has 1 aromatic rings. The highest BCUT2D eigenvalue weighted by atomic mass is 16.5. The molecule has 5 nitrogen and oxygen atoms in total. The highest BCUT2D eigenvalue weighted by Crippen LogP contribution is 2.34. The van der Waals surface area contributed by atoms with E-state index in [1.54, 1.807) is 19.2 Å². The van der Waals surface area contributed by atoms with Gasteiger partial charge in [-0.15, -0.1) is 0 Å². The van der Waals surface area contributed by atoms with Gasteiger partial charge in [-0.2, -0.15) is 5.26 Å². The smallest absolute Gasteiger partial charge is 0.165 e. The minimum atomic E-state index is -0.0597. The highest BCUT2D eigenvalue weighted by molar-refractivity contribution is 5.54. The molecule has 0 saturated heterocycles. The third-order valence-electron chi connectivity index (χ3n) is 3.32. The van der Waals surface area contributed by atoms with E-state index in [2.05, 4.69) is 10.3 Å². The molecule has 17 heavy (non-hydrogen) atoms. The molecule has 0 amide bonds. The zero-order valence-electron chi connectivity index (χ0n) is 9.86. The minimum Gasteiger partial charge on any atom is -0.396 e. The fourth-order valence-electron chi connectivity index (χ4n) is 1.93. The molecule has 0 aliphatic heterocycles. The second-order valence-electron chi connectivity index (χ2n) is 4.34. The molecular formula is C12H16N4O. The van der Waals surface area contributed by atoms with Crippen LogP contribution in [-0.2, 0) is 4.74 Å². The largest absolute Gasteiger partial charge is 0.396 e. The number of ether oxygens (including phenoxy) is 1. The standard InChI is InChI=1S/C12H16N4O/c1-17-12(5-2-6-12)8-15-11-4-3-9(14)10(7-13)16-11/h3-4H,2,5-6,8,14H2,1H3,(H,15,16). The molecule has 1 aliphatic rings. The Balaban J connectivity index is 2.02. The number of anilines is 2. The fraction of sp³-hybridized carbons (Fsp3) is 0.500. The van der Waals surface area contributed by atoms with Crippen LogP contribution >= 0.6 is 0 Å². The monoisotopic (exact) mass is 232 g/mol. The number of nitrogens with two attached hydrogens (primary N) is 1. The predicted molar refractivity (Wildman–Crippen MR) is 65.4 cm³/mol. The third-order valence-corrected chi connectivity index (χ3v) is 3.32. The lowest BCUT2D eigenvalue weighted by atomic mass is 9.80. The Morgan fingerprint density at radius 3 is 2.88 bits per heavy atom. The van der Waals surface area contributed by atoms with Crippen LogP contribution < -0.4 is 11.1 Å². The number of nitriles is 1. The first-order valence-electron chi connectivity index (χ1n) is 5.65. The van der Waals surface area contributed by atoms with Crippen molar-refractivity contribution in [1.82, 2.24) is 4.98 Å². The summed E-state index contributed by atoms with van der Waals surface area (Å²) in [6, 6.07) is 5.43. The van der Waals surface area contributed by atoms with E-state index in [0.29, 0.717) is 18.1 Å². The van der Waals surface area contributed by atoms with Gasteiger partial charge in [0.15, 0.2) is 5.69 Å². The summed E-state index contributed by atoms with van der Waals surface area (Å²) < 4.78 is 5.50. The van der Waals surface area contributed by atoms with Gasteiger partial charge in [-0.05, 0) is 31.4 Å². The molecule has 90 valence electrons. The molecule has 0 radical (unpaired) electrons. The maximum atomic E-state index is 8.83. The lowest BCUT2D eigenvalue weighted by Crippen LogP contribution is -2.45. The number of methoxy groups -OCH3 is 1. The van der Waals surface area contributed by atoms with Crippen molar-refractivity contribution in [3.05, 3.63) is 17.8 Å². The van der Waals surface area contributed by atoms with Gasteiger partial charge >= 0.3 is 0 Å². The van der Waals surface area contributed by atoms with Crippen LogP contribution in [0.4, 0.5) is 11.5 Å². The Morgan fingerprint density at radius 2 is 2.35 bits per heavy atom. The summed E-state index contributed by atoms with van der Waals surface area (Å²) in [5.41, 5.74) is 6.21. The molecule has 1 heterocycles. The molecule has 0 bridgehead atoms. The van der Waals surface area contributed by atoms with Crippen molar-refractivity contribution in [1.29, 1.82) is 5.26 Å². The van der Waals surface area contributed by atoms with E-state index < -0.39 is 0 Å². The van der Waals surface area contributed by atoms with Crippen LogP contribution in [0, 0.1) is 11.3 Å². The van der Waals surface area contributed by atoms with Crippen molar-refractivity contribution < 1.29 is 4.74 Å². The molecule has 0 spiro atoms. The Bertz CT molecular complexity index is 443. The van der Waals surface area contributed by atoms with Crippen LogP contribution in [0.3, 0.4) is 0 Å². The van der Waals surface area contributed by atoms with E-state index in [9.17, 15) is 0 Å². The molecule has 5 heteroatoms. The molecule has 1 aromatic heterocycles. The van der Waals surface area contributed by atoms with E-state index in [1.807, 2.05) is 6.07 Å². The average Bonchev–Trinajstić information content (AvgIpc) is 2.30. The molecule has 1 fully saturated rings. The number of nitrogens with zero attached hydrogens (tertiary/aromatic N) is 2. The SMILES string of the molecule is COC1(CNc2ccc(N)c(C#N)n2)CCC1. The van der Waals surface area contributed by atoms with Gasteiger partial charge in [-0.25, -0.2) is 4.98 Å². The second-order valence-corrected chi connectivity index (χ2v) is 4.34. The summed E-state index contributed by atoms with van der Waals surface area (Å²) in [5.74, 6) is 0.666. The van der Waals surface area contributed by atoms with Gasteiger partial charge in [0.1, 0.15) is 11.9 Å². The topological polar surface area (TPSA) is 84.0 Å². The van der Waals surface area contributed by atoms with Gasteiger partial charge in [0.05, 0.1) is 11.3 Å². The first-order valence-corrected chi connectivity index (χ1v) is 5.65. The Morgan fingerprint density at radius 1 is 1.59 bits per heavy atom. The van der Waals surface area contributed by atoms with E-state index >= 15 is 0 Å². The summed E-state index contributed by atoms with van der Waals surface area (Å²) in [5, 5.41) is 12.0. The van der Waals surface area contributed by atoms with Crippen molar-refractivity contribution in [2.24, 2.45) is 0 Å². The fourth-order valence-corrected chi connectivity index (χ4v) is 1.93. The lowest BCUT2D eigenvalue weighted by Gasteiger charge is -2.40. The first kappa shape index (κ1) is 11.7. The Hall–Kier alpha value is -1.80. The molecular weight excluding hydrogens is 216 g/mol. The third kappa shape index (κ3) is 2.32. The van der Waals surface area contributed by atoms with Crippen molar-refractivity contribution >= 4 is 11.5 Å². The van der Waals surface area contributed by atoms with E-state index in [4.69, 9.17) is 15.7 Å². The van der Waals surface area contributed by atoms with Crippen LogP contribution in [-0.4, -0.2) is 24.2 Å². The Labute approximate surface area is 101 Å². The summed E-state index contributed by atoms with van der Waals surface area (Å²) in [7, 11) is 1.73. The van der Waals surface area contributed by atoms with Gasteiger partial charge in [0.25, 0.3) is 0 Å². The molecule has 1 saturated carbocycles. The Kier molecular flexibility index (Phi) is 3.16. The quantitative estimate of drug-likeness (QED) is 0.822. The average molecular weight is 232 g/mol. The molecule has 0 aromatic carbocycles. The number of nitrogens with one attached hydrogen (secondary N) is 1. The zero-order chi connectivity index (χ0) is 12.3. The van der Waals surface area contributed by atoms with Gasteiger partial charge in [-0.3, -0.25) is 0 Å². The molecule has 3 N–H and O–H groups in total. The number of hydrogen-bond donors (Lipinski definition) is 2. The maximum Gasteiger partial charge on any atom is 0.165 e. The van der Waals surface area contributed by atoms with Crippen molar-refractivity contribution in [3.8, 4) is 6.07 Å². The highest BCUT2D eigenvalue weighted by Gasteiger charge is 2.36. The van der Waals surface area contributed by atoms with Crippen LogP contribution in [0.25, 0.3) is 0 Å². The van der Waals surface area contributed by atoms with Crippen molar-refractivity contribution in [2.75, 3.05) is 24.7 Å². The van der Waals surface area contributed by atoms with Crippen molar-refractivity contribution in [2.45, 2.75) is 24.9 Å². The molecule has 0 atom stereocenters. The summed E-state index contributed by atoms with van der Waals surface area (Å²) in [4.78, 5) is 4.13. The van der Waals surface area contributed by atoms with E-state index in [-0.39, 0.29) is 11.3 Å². The normalized spacial score (nSPS) is 16.9. The molecule has 1 aliphatic carbocycles. The van der Waals surface area contributed by atoms with Gasteiger partial charge < -0.3 is 15.8 Å². The maximum absolute atomic E-state index is 8.83. The first-order chi connectivity index (χ1) is 8.19. The number of nitrogen functional groups attached to an aromatic ring is 1. The van der Waals surface area contributed by atoms with E-state index in [0.717, 1.165) is 12.8 Å². The second kappa shape index (κ2) is 4.60. The van der Waals surface area contributed by atoms with Crippen LogP contribution in [0.15, 0.2) is 12.1 Å². The number of pyridine rings is 1. The van der Waals surface area contributed by atoms with Crippen LogP contribution in [0.5, 0.6) is 0 Å². The van der Waals surface area contributed by atoms with Gasteiger partial charge in [0.2, 0.25) is 0 Å². The predicted octanol–water partition coefficient (Wildman–Crippen LogP) is 1.52. The van der Waals surface area contributed by atoms with Gasteiger partial charge in [-0.1, -0.05) is 0 Å². The van der Waals surface area contributed by atoms with Crippen LogP contribution in [0.1, 0.15) is 25.0 Å². The lowest BCUT2D eigenvalue weighted by molar-refractivity contribution is -0.0601. The van der Waals surface area contributed by atoms with Crippen molar-refractivity contribution in [3.63, 3.8) is 0 Å². The zero-order valence-corrected chi connectivity index (χ0v) is 9.86. The number of rotatable bonds is 4.